The van der Waals surface area contributed by atoms with E-state index in [9.17, 15) is 4.79 Å². The Labute approximate surface area is 161 Å². The lowest BCUT2D eigenvalue weighted by atomic mass is 10.1. The van der Waals surface area contributed by atoms with Crippen LogP contribution in [-0.4, -0.2) is 50.1 Å². The second-order valence-electron chi connectivity index (χ2n) is 7.26. The summed E-state index contributed by atoms with van der Waals surface area (Å²) in [4.78, 5) is 16.9. The summed E-state index contributed by atoms with van der Waals surface area (Å²) in [7, 11) is 1.72. The van der Waals surface area contributed by atoms with Crippen molar-refractivity contribution in [2.24, 2.45) is 0 Å². The number of amides is 1. The second-order valence-corrected chi connectivity index (χ2v) is 7.26. The van der Waals surface area contributed by atoms with E-state index in [4.69, 9.17) is 4.74 Å². The number of carbonyl (C=O) groups excluding carboxylic acids is 1. The van der Waals surface area contributed by atoms with Gasteiger partial charge in [0, 0.05) is 44.3 Å². The molecule has 1 aliphatic heterocycles. The largest absolute Gasteiger partial charge is 0.495 e. The molecule has 0 saturated carbocycles. The van der Waals surface area contributed by atoms with E-state index in [1.165, 1.54) is 11.3 Å². The molecule has 5 heteroatoms. The number of para-hydroxylation sites is 2. The maximum atomic E-state index is 12.0. The van der Waals surface area contributed by atoms with Crippen LogP contribution in [0, 0.1) is 0 Å². The van der Waals surface area contributed by atoms with E-state index >= 15 is 0 Å². The lowest BCUT2D eigenvalue weighted by Crippen LogP contribution is -2.46. The lowest BCUT2D eigenvalue weighted by Gasteiger charge is -2.36. The third kappa shape index (κ3) is 5.01. The van der Waals surface area contributed by atoms with Crippen LogP contribution in [0.5, 0.6) is 5.75 Å². The van der Waals surface area contributed by atoms with Gasteiger partial charge in [-0.25, -0.2) is 0 Å². The van der Waals surface area contributed by atoms with Gasteiger partial charge in [-0.15, -0.1) is 0 Å². The van der Waals surface area contributed by atoms with Crippen LogP contribution in [-0.2, 0) is 6.54 Å². The first-order valence-corrected chi connectivity index (χ1v) is 9.57. The molecule has 2 aromatic carbocycles. The normalized spacial score (nSPS) is 15.0. The summed E-state index contributed by atoms with van der Waals surface area (Å²) in [6, 6.07) is 16.3. The molecule has 5 nitrogen and oxygen atoms in total. The Morgan fingerprint density at radius 1 is 1.04 bits per heavy atom. The lowest BCUT2D eigenvalue weighted by molar-refractivity contribution is 0.0943. The molecule has 0 aromatic heterocycles. The number of nitrogens with zero attached hydrogens (tertiary/aromatic N) is 2. The zero-order valence-electron chi connectivity index (χ0n) is 16.4. The van der Waals surface area contributed by atoms with Gasteiger partial charge in [0.25, 0.3) is 5.91 Å². The molecule has 27 heavy (non-hydrogen) atoms. The zero-order valence-corrected chi connectivity index (χ0v) is 16.4. The number of piperazine rings is 1. The molecule has 1 amide bonds. The minimum absolute atomic E-state index is 0.0121. The topological polar surface area (TPSA) is 44.8 Å². The van der Waals surface area contributed by atoms with Crippen molar-refractivity contribution in [1.29, 1.82) is 0 Å². The van der Waals surface area contributed by atoms with E-state index in [0.717, 1.165) is 38.5 Å². The number of ether oxygens (including phenoxy) is 1. The summed E-state index contributed by atoms with van der Waals surface area (Å²) in [5, 5.41) is 2.92. The minimum Gasteiger partial charge on any atom is -0.495 e. The number of nitrogens with one attached hydrogen (secondary N) is 1. The van der Waals surface area contributed by atoms with E-state index in [0.29, 0.717) is 5.56 Å². The molecule has 0 atom stereocenters. The average Bonchev–Trinajstić information content (AvgIpc) is 2.68. The second kappa shape index (κ2) is 8.91. The monoisotopic (exact) mass is 367 g/mol. The zero-order chi connectivity index (χ0) is 19.2. The fourth-order valence-electron chi connectivity index (χ4n) is 3.40. The van der Waals surface area contributed by atoms with E-state index < -0.39 is 0 Å². The van der Waals surface area contributed by atoms with E-state index in [2.05, 4.69) is 39.4 Å². The highest BCUT2D eigenvalue weighted by molar-refractivity contribution is 5.94. The van der Waals surface area contributed by atoms with Gasteiger partial charge >= 0.3 is 0 Å². The molecule has 1 aliphatic rings. The first kappa shape index (κ1) is 19.2. The van der Waals surface area contributed by atoms with Crippen molar-refractivity contribution < 1.29 is 9.53 Å². The van der Waals surface area contributed by atoms with Crippen molar-refractivity contribution >= 4 is 11.6 Å². The van der Waals surface area contributed by atoms with E-state index in [1.807, 2.05) is 38.1 Å². The maximum absolute atomic E-state index is 12.0. The van der Waals surface area contributed by atoms with Gasteiger partial charge in [-0.2, -0.15) is 0 Å². The third-order valence-electron chi connectivity index (χ3n) is 4.84. The van der Waals surface area contributed by atoms with Gasteiger partial charge in [-0.3, -0.25) is 9.69 Å². The van der Waals surface area contributed by atoms with E-state index in [1.54, 1.807) is 7.11 Å². The molecule has 0 unspecified atom stereocenters. The Hall–Kier alpha value is -2.53. The summed E-state index contributed by atoms with van der Waals surface area (Å²) >= 11 is 0. The van der Waals surface area contributed by atoms with Crippen LogP contribution < -0.4 is 15.0 Å². The number of anilines is 1. The van der Waals surface area contributed by atoms with Crippen molar-refractivity contribution in [3.05, 3.63) is 59.7 Å². The van der Waals surface area contributed by atoms with Gasteiger partial charge in [0.05, 0.1) is 12.8 Å². The molecule has 1 saturated heterocycles. The van der Waals surface area contributed by atoms with Crippen molar-refractivity contribution in [2.75, 3.05) is 38.2 Å². The Kier molecular flexibility index (Phi) is 6.35. The number of hydrogen-bond acceptors (Lipinski definition) is 4. The van der Waals surface area contributed by atoms with Crippen molar-refractivity contribution in [3.8, 4) is 5.75 Å². The van der Waals surface area contributed by atoms with Gasteiger partial charge in [0.1, 0.15) is 5.75 Å². The highest BCUT2D eigenvalue weighted by Crippen LogP contribution is 2.28. The molecule has 0 radical (unpaired) electrons. The van der Waals surface area contributed by atoms with Crippen LogP contribution in [0.25, 0.3) is 0 Å². The first-order chi connectivity index (χ1) is 13.1. The van der Waals surface area contributed by atoms with Gasteiger partial charge in [-0.05, 0) is 43.7 Å². The molecular formula is C22H29N3O2. The Morgan fingerprint density at radius 2 is 1.70 bits per heavy atom. The fraction of sp³-hybridized carbons (Fsp3) is 0.409. The minimum atomic E-state index is -0.0121. The van der Waals surface area contributed by atoms with Crippen molar-refractivity contribution in [3.63, 3.8) is 0 Å². The summed E-state index contributed by atoms with van der Waals surface area (Å²) in [6.45, 7) is 8.82. The molecule has 2 aromatic rings. The van der Waals surface area contributed by atoms with Gasteiger partial charge in [0.15, 0.2) is 0 Å². The smallest absolute Gasteiger partial charge is 0.251 e. The number of benzene rings is 2. The van der Waals surface area contributed by atoms with Crippen LogP contribution in [0.3, 0.4) is 0 Å². The number of hydrogen-bond donors (Lipinski definition) is 1. The molecule has 0 bridgehead atoms. The predicted octanol–water partition coefficient (Wildman–Crippen LogP) is 3.16. The quantitative estimate of drug-likeness (QED) is 0.852. The molecule has 0 aliphatic carbocycles. The van der Waals surface area contributed by atoms with E-state index in [-0.39, 0.29) is 11.9 Å². The van der Waals surface area contributed by atoms with Gasteiger partial charge in [0.2, 0.25) is 0 Å². The Bertz CT molecular complexity index is 750. The highest BCUT2D eigenvalue weighted by atomic mass is 16.5. The van der Waals surface area contributed by atoms with Crippen molar-refractivity contribution in [2.45, 2.75) is 26.4 Å². The molecule has 3 rings (SSSR count). The molecule has 1 heterocycles. The molecule has 0 spiro atoms. The first-order valence-electron chi connectivity index (χ1n) is 9.57. The van der Waals surface area contributed by atoms with Crippen LogP contribution >= 0.6 is 0 Å². The van der Waals surface area contributed by atoms with Gasteiger partial charge < -0.3 is 15.0 Å². The van der Waals surface area contributed by atoms with Crippen LogP contribution in [0.15, 0.2) is 48.5 Å². The number of methoxy groups -OCH3 is 1. The summed E-state index contributed by atoms with van der Waals surface area (Å²) < 4.78 is 5.49. The average molecular weight is 367 g/mol. The SMILES string of the molecule is COc1ccccc1N1CCN(Cc2ccc(C(=O)NC(C)C)cc2)CC1. The molecule has 1 N–H and O–H groups in total. The molecule has 144 valence electrons. The molecule has 1 fully saturated rings. The number of rotatable bonds is 6. The predicted molar refractivity (Wildman–Crippen MR) is 110 cm³/mol. The van der Waals surface area contributed by atoms with Crippen LogP contribution in [0.2, 0.25) is 0 Å². The van der Waals surface area contributed by atoms with Gasteiger partial charge in [-0.1, -0.05) is 24.3 Å². The molecular weight excluding hydrogens is 338 g/mol. The standard InChI is InChI=1S/C22H29N3O2/c1-17(2)23-22(26)19-10-8-18(9-11-19)16-24-12-14-25(15-13-24)20-6-4-5-7-21(20)27-3/h4-11,17H,12-16H2,1-3H3,(H,23,26). The Morgan fingerprint density at radius 3 is 2.33 bits per heavy atom. The summed E-state index contributed by atoms with van der Waals surface area (Å²) in [5.41, 5.74) is 3.12. The number of carbonyl (C=O) groups is 1. The Balaban J connectivity index is 1.54. The third-order valence-corrected chi connectivity index (χ3v) is 4.84. The summed E-state index contributed by atoms with van der Waals surface area (Å²) in [5.74, 6) is 0.920. The van der Waals surface area contributed by atoms with Crippen LogP contribution in [0.4, 0.5) is 5.69 Å². The fourth-order valence-corrected chi connectivity index (χ4v) is 3.40. The van der Waals surface area contributed by atoms with Crippen LogP contribution in [0.1, 0.15) is 29.8 Å². The maximum Gasteiger partial charge on any atom is 0.251 e. The van der Waals surface area contributed by atoms with Crippen molar-refractivity contribution in [1.82, 2.24) is 10.2 Å². The summed E-state index contributed by atoms with van der Waals surface area (Å²) in [6.07, 6.45) is 0. The highest BCUT2D eigenvalue weighted by Gasteiger charge is 2.19.